The van der Waals surface area contributed by atoms with Crippen molar-refractivity contribution in [3.05, 3.63) is 10.4 Å². The normalized spacial score (nSPS) is 11.4. The fraction of sp³-hybridized carbons (Fsp3) is 0.778. The third kappa shape index (κ3) is 8.06. The van der Waals surface area contributed by atoms with Gasteiger partial charge < -0.3 is 16.2 Å². The van der Waals surface area contributed by atoms with Crippen LogP contribution >= 0.6 is 0 Å². The van der Waals surface area contributed by atoms with Crippen molar-refractivity contribution in [1.82, 2.24) is 5.32 Å². The van der Waals surface area contributed by atoms with Gasteiger partial charge in [0.1, 0.15) is 6.04 Å². The zero-order valence-electron chi connectivity index (χ0n) is 9.50. The molecule has 0 bridgehead atoms. The smallest absolute Gasteiger partial charge is 0.242 e. The van der Waals surface area contributed by atoms with E-state index in [0.717, 1.165) is 12.8 Å². The van der Waals surface area contributed by atoms with Crippen molar-refractivity contribution in [3.8, 4) is 0 Å². The summed E-state index contributed by atoms with van der Waals surface area (Å²) < 4.78 is 0. The molecule has 0 saturated carbocycles. The predicted octanol–water partition coefficient (Wildman–Crippen LogP) is -0.180. The molecule has 0 radical (unpaired) electrons. The Morgan fingerprint density at radius 2 is 2.12 bits per heavy atom. The van der Waals surface area contributed by atoms with Crippen LogP contribution in [-0.2, 0) is 9.59 Å². The van der Waals surface area contributed by atoms with Crippen molar-refractivity contribution in [3.63, 3.8) is 0 Å². The van der Waals surface area contributed by atoms with E-state index in [2.05, 4.69) is 15.3 Å². The number of aliphatic hydroxyl groups is 1. The van der Waals surface area contributed by atoms with Crippen LogP contribution in [0.1, 0.15) is 25.7 Å². The summed E-state index contributed by atoms with van der Waals surface area (Å²) in [4.78, 5) is 24.6. The average molecular weight is 243 g/mol. The number of primary amides is 1. The van der Waals surface area contributed by atoms with E-state index >= 15 is 0 Å². The second-order valence-corrected chi connectivity index (χ2v) is 3.47. The third-order valence-corrected chi connectivity index (χ3v) is 2.09. The highest BCUT2D eigenvalue weighted by molar-refractivity contribution is 5.86. The van der Waals surface area contributed by atoms with Crippen molar-refractivity contribution < 1.29 is 14.7 Å². The molecule has 0 aromatic rings. The first-order valence-corrected chi connectivity index (χ1v) is 5.32. The van der Waals surface area contributed by atoms with E-state index in [1.165, 1.54) is 0 Å². The Hall–Kier alpha value is -1.79. The fourth-order valence-electron chi connectivity index (χ4n) is 1.16. The zero-order valence-corrected chi connectivity index (χ0v) is 9.50. The number of amides is 2. The molecule has 8 heteroatoms. The molecule has 1 atom stereocenters. The van der Waals surface area contributed by atoms with E-state index in [4.69, 9.17) is 16.4 Å². The summed E-state index contributed by atoms with van der Waals surface area (Å²) in [6.45, 7) is -0.0867. The average Bonchev–Trinajstić information content (AvgIpc) is 2.30. The predicted molar refractivity (Wildman–Crippen MR) is 60.7 cm³/mol. The molecule has 0 fully saturated rings. The van der Waals surface area contributed by atoms with Crippen LogP contribution in [-0.4, -0.2) is 36.1 Å². The van der Waals surface area contributed by atoms with E-state index in [-0.39, 0.29) is 12.3 Å². The van der Waals surface area contributed by atoms with Crippen LogP contribution in [0, 0.1) is 0 Å². The highest BCUT2D eigenvalue weighted by Gasteiger charge is 2.15. The number of nitrogens with one attached hydrogen (secondary N) is 1. The molecule has 0 saturated heterocycles. The lowest BCUT2D eigenvalue weighted by molar-refractivity contribution is -0.128. The molecule has 0 unspecified atom stereocenters. The summed E-state index contributed by atoms with van der Waals surface area (Å²) in [5.74, 6) is -1.09. The molecule has 2 amide bonds. The summed E-state index contributed by atoms with van der Waals surface area (Å²) in [7, 11) is 0. The number of hydrogen-bond donors (Lipinski definition) is 3. The highest BCUT2D eigenvalue weighted by atomic mass is 16.3. The van der Waals surface area contributed by atoms with Gasteiger partial charge in [-0.3, -0.25) is 9.59 Å². The van der Waals surface area contributed by atoms with Gasteiger partial charge in [-0.1, -0.05) is 11.5 Å². The number of aliphatic hydroxyl groups excluding tert-OH is 1. The van der Waals surface area contributed by atoms with E-state index in [9.17, 15) is 9.59 Å². The Kier molecular flexibility index (Phi) is 8.44. The Balaban J connectivity index is 3.65. The van der Waals surface area contributed by atoms with Crippen LogP contribution in [0.2, 0.25) is 0 Å². The van der Waals surface area contributed by atoms with Crippen LogP contribution in [0.4, 0.5) is 0 Å². The summed E-state index contributed by atoms with van der Waals surface area (Å²) in [6, 6.07) is -1.02. The van der Waals surface area contributed by atoms with Gasteiger partial charge in [-0.05, 0) is 18.4 Å². The molecule has 0 aliphatic heterocycles. The summed E-state index contributed by atoms with van der Waals surface area (Å²) >= 11 is 0. The first-order chi connectivity index (χ1) is 8.11. The quantitative estimate of drug-likeness (QED) is 0.224. The fourth-order valence-corrected chi connectivity index (χ4v) is 1.16. The van der Waals surface area contributed by atoms with Crippen LogP contribution in [0.15, 0.2) is 5.11 Å². The molecule has 4 N–H and O–H groups in total. The molecule has 0 aliphatic rings. The van der Waals surface area contributed by atoms with Gasteiger partial charge in [-0.2, -0.15) is 0 Å². The van der Waals surface area contributed by atoms with Gasteiger partial charge in [0, 0.05) is 17.9 Å². The lowest BCUT2D eigenvalue weighted by Gasteiger charge is -2.12. The summed E-state index contributed by atoms with van der Waals surface area (Å²) in [5, 5.41) is 14.4. The number of azide groups is 1. The van der Waals surface area contributed by atoms with Gasteiger partial charge in [0.15, 0.2) is 0 Å². The second-order valence-electron chi connectivity index (χ2n) is 3.47. The molecule has 0 aromatic carbocycles. The minimum atomic E-state index is -1.02. The van der Waals surface area contributed by atoms with Gasteiger partial charge in [0.2, 0.25) is 11.8 Å². The number of hydrogen-bond acceptors (Lipinski definition) is 4. The van der Waals surface area contributed by atoms with Gasteiger partial charge in [-0.25, -0.2) is 0 Å². The Morgan fingerprint density at radius 1 is 1.41 bits per heavy atom. The molecular weight excluding hydrogens is 226 g/mol. The van der Waals surface area contributed by atoms with E-state index < -0.39 is 18.6 Å². The largest absolute Gasteiger partial charge is 0.394 e. The molecule has 0 aromatic heterocycles. The number of rotatable bonds is 9. The third-order valence-electron chi connectivity index (χ3n) is 2.09. The first kappa shape index (κ1) is 15.2. The van der Waals surface area contributed by atoms with E-state index in [0.29, 0.717) is 13.0 Å². The number of carbonyl (C=O) groups is 2. The summed E-state index contributed by atoms with van der Waals surface area (Å²) in [5.41, 5.74) is 13.0. The lowest BCUT2D eigenvalue weighted by atomic mass is 10.2. The van der Waals surface area contributed by atoms with Gasteiger partial charge in [0.25, 0.3) is 0 Å². The van der Waals surface area contributed by atoms with Crippen molar-refractivity contribution >= 4 is 11.8 Å². The SMILES string of the molecule is [N-]=[N+]=NCCCCCC(=O)N[C@@H](CO)C(N)=O. The standard InChI is InChI=1S/C9H17N5O3/c10-9(17)7(6-15)13-8(16)4-2-1-3-5-12-14-11/h7,15H,1-6H2,(H2,10,17)(H,13,16)/t7-/m0/s1. The zero-order chi connectivity index (χ0) is 13.1. The molecule has 0 aliphatic carbocycles. The van der Waals surface area contributed by atoms with Gasteiger partial charge in [-0.15, -0.1) is 0 Å². The summed E-state index contributed by atoms with van der Waals surface area (Å²) in [6.07, 6.45) is 2.35. The maximum absolute atomic E-state index is 11.3. The number of nitrogens with zero attached hydrogens (tertiary/aromatic N) is 3. The topological polar surface area (TPSA) is 141 Å². The molecule has 8 nitrogen and oxygen atoms in total. The molecule has 0 spiro atoms. The first-order valence-electron chi connectivity index (χ1n) is 5.32. The Morgan fingerprint density at radius 3 is 2.65 bits per heavy atom. The van der Waals surface area contributed by atoms with Crippen molar-refractivity contribution in [2.45, 2.75) is 31.7 Å². The van der Waals surface area contributed by atoms with Crippen LogP contribution in [0.3, 0.4) is 0 Å². The van der Waals surface area contributed by atoms with Crippen molar-refractivity contribution in [2.75, 3.05) is 13.2 Å². The van der Waals surface area contributed by atoms with Gasteiger partial charge >= 0.3 is 0 Å². The van der Waals surface area contributed by atoms with Crippen molar-refractivity contribution in [1.29, 1.82) is 0 Å². The Bertz CT molecular complexity index is 301. The number of carbonyl (C=O) groups excluding carboxylic acids is 2. The minimum Gasteiger partial charge on any atom is -0.394 e. The molecular formula is C9H17N5O3. The van der Waals surface area contributed by atoms with Crippen molar-refractivity contribution in [2.24, 2.45) is 10.8 Å². The maximum Gasteiger partial charge on any atom is 0.242 e. The molecule has 0 heterocycles. The molecule has 17 heavy (non-hydrogen) atoms. The Labute approximate surface area is 98.8 Å². The van der Waals surface area contributed by atoms with Crippen LogP contribution < -0.4 is 11.1 Å². The maximum atomic E-state index is 11.3. The molecule has 0 rings (SSSR count). The van der Waals surface area contributed by atoms with Crippen LogP contribution in [0.5, 0.6) is 0 Å². The molecule has 96 valence electrons. The highest BCUT2D eigenvalue weighted by Crippen LogP contribution is 2.00. The number of nitrogens with two attached hydrogens (primary N) is 1. The van der Waals surface area contributed by atoms with E-state index in [1.807, 2.05) is 0 Å². The lowest BCUT2D eigenvalue weighted by Crippen LogP contribution is -2.46. The van der Waals surface area contributed by atoms with E-state index in [1.54, 1.807) is 0 Å². The second kappa shape index (κ2) is 9.44. The monoisotopic (exact) mass is 243 g/mol. The minimum absolute atomic E-state index is 0.250. The van der Waals surface area contributed by atoms with Gasteiger partial charge in [0.05, 0.1) is 6.61 Å². The van der Waals surface area contributed by atoms with Crippen LogP contribution in [0.25, 0.3) is 10.4 Å². The number of unbranched alkanes of at least 4 members (excludes halogenated alkanes) is 2.